The first-order valence-electron chi connectivity index (χ1n) is 6.09. The van der Waals surface area contributed by atoms with Gasteiger partial charge in [-0.3, -0.25) is 4.98 Å². The number of aromatic nitrogens is 2. The summed E-state index contributed by atoms with van der Waals surface area (Å²) in [5.41, 5.74) is 8.19. The number of anilines is 1. The maximum absolute atomic E-state index is 6.12. The summed E-state index contributed by atoms with van der Waals surface area (Å²) in [6, 6.07) is 10.2. The van der Waals surface area contributed by atoms with Crippen molar-refractivity contribution < 1.29 is 0 Å². The van der Waals surface area contributed by atoms with E-state index in [2.05, 4.69) is 27.4 Å². The number of hydrogen-bond acceptors (Lipinski definition) is 4. The predicted octanol–water partition coefficient (Wildman–Crippen LogP) is 2.29. The fourth-order valence-electron chi connectivity index (χ4n) is 1.79. The van der Waals surface area contributed by atoms with Crippen LogP contribution in [0.5, 0.6) is 0 Å². The second-order valence-electron chi connectivity index (χ2n) is 4.22. The van der Waals surface area contributed by atoms with Gasteiger partial charge in [-0.05, 0) is 18.9 Å². The molecule has 2 aromatic rings. The van der Waals surface area contributed by atoms with Crippen LogP contribution in [0.1, 0.15) is 23.7 Å². The molecule has 3 N–H and O–H groups in total. The first-order valence-corrected chi connectivity index (χ1v) is 6.09. The Labute approximate surface area is 107 Å². The van der Waals surface area contributed by atoms with Crippen LogP contribution in [0.4, 0.5) is 5.82 Å². The maximum Gasteiger partial charge on any atom is 0.147 e. The highest BCUT2D eigenvalue weighted by molar-refractivity contribution is 5.38. The number of nitrogens with zero attached hydrogens (tertiary/aromatic N) is 2. The van der Waals surface area contributed by atoms with Crippen LogP contribution in [0.25, 0.3) is 0 Å². The van der Waals surface area contributed by atoms with E-state index >= 15 is 0 Å². The molecule has 4 heteroatoms. The minimum Gasteiger partial charge on any atom is -0.369 e. The fraction of sp³-hybridized carbons (Fsp3) is 0.286. The molecule has 0 saturated heterocycles. The fourth-order valence-corrected chi connectivity index (χ4v) is 1.79. The quantitative estimate of drug-likeness (QED) is 0.844. The molecule has 1 aromatic carbocycles. The molecule has 1 atom stereocenters. The van der Waals surface area contributed by atoms with Gasteiger partial charge in [0.2, 0.25) is 0 Å². The second kappa shape index (κ2) is 6.12. The molecule has 1 aromatic heterocycles. The Morgan fingerprint density at radius 3 is 2.61 bits per heavy atom. The Morgan fingerprint density at radius 2 is 1.89 bits per heavy atom. The summed E-state index contributed by atoms with van der Waals surface area (Å²) >= 11 is 0. The molecular formula is C14H18N4. The maximum atomic E-state index is 6.12. The molecule has 1 heterocycles. The molecule has 0 bridgehead atoms. The summed E-state index contributed by atoms with van der Waals surface area (Å²) in [6.45, 7) is 2.72. The van der Waals surface area contributed by atoms with Gasteiger partial charge in [0.15, 0.2) is 0 Å². The lowest BCUT2D eigenvalue weighted by molar-refractivity contribution is 0.673. The Kier molecular flexibility index (Phi) is 4.25. The smallest absolute Gasteiger partial charge is 0.147 e. The molecule has 1 unspecified atom stereocenters. The number of hydrogen-bond donors (Lipinski definition) is 2. The zero-order chi connectivity index (χ0) is 12.8. The predicted molar refractivity (Wildman–Crippen MR) is 73.2 cm³/mol. The van der Waals surface area contributed by atoms with Crippen LogP contribution in [0, 0.1) is 6.92 Å². The molecule has 0 saturated carbocycles. The molecule has 2 rings (SSSR count). The summed E-state index contributed by atoms with van der Waals surface area (Å²) in [5.74, 6) is 0.831. The van der Waals surface area contributed by atoms with E-state index in [0.29, 0.717) is 0 Å². The normalized spacial score (nSPS) is 12.1. The molecule has 94 valence electrons. The van der Waals surface area contributed by atoms with Gasteiger partial charge in [0.25, 0.3) is 0 Å². The van der Waals surface area contributed by atoms with Crippen LogP contribution in [0.2, 0.25) is 0 Å². The molecule has 0 aliphatic heterocycles. The van der Waals surface area contributed by atoms with Crippen molar-refractivity contribution in [2.45, 2.75) is 19.4 Å². The molecule has 0 radical (unpaired) electrons. The van der Waals surface area contributed by atoms with Gasteiger partial charge in [-0.2, -0.15) is 0 Å². The summed E-state index contributed by atoms with van der Waals surface area (Å²) < 4.78 is 0. The van der Waals surface area contributed by atoms with E-state index in [-0.39, 0.29) is 6.04 Å². The zero-order valence-corrected chi connectivity index (χ0v) is 10.5. The van der Waals surface area contributed by atoms with E-state index in [1.807, 2.05) is 25.1 Å². The minimum absolute atomic E-state index is 0.0516. The largest absolute Gasteiger partial charge is 0.369 e. The number of nitrogens with two attached hydrogens (primary N) is 1. The van der Waals surface area contributed by atoms with Crippen molar-refractivity contribution in [2.24, 2.45) is 5.73 Å². The van der Waals surface area contributed by atoms with Crippen LogP contribution in [-0.2, 0) is 0 Å². The van der Waals surface area contributed by atoms with E-state index in [1.165, 1.54) is 0 Å². The van der Waals surface area contributed by atoms with Crippen molar-refractivity contribution in [3.05, 3.63) is 54.0 Å². The molecule has 4 nitrogen and oxygen atoms in total. The second-order valence-corrected chi connectivity index (χ2v) is 4.22. The lowest BCUT2D eigenvalue weighted by atomic mass is 10.1. The number of rotatable bonds is 5. The lowest BCUT2D eigenvalue weighted by Crippen LogP contribution is -2.16. The van der Waals surface area contributed by atoms with Crippen molar-refractivity contribution in [3.8, 4) is 0 Å². The molecule has 0 spiro atoms. The van der Waals surface area contributed by atoms with Crippen molar-refractivity contribution in [1.29, 1.82) is 0 Å². The first kappa shape index (κ1) is 12.5. The van der Waals surface area contributed by atoms with Crippen LogP contribution in [0.3, 0.4) is 0 Å². The highest BCUT2D eigenvalue weighted by atomic mass is 15.0. The standard InChI is InChI=1S/C14H18N4/c1-11-14(18-10-9-16-11)17-8-7-13(15)12-5-3-2-4-6-12/h2-6,9-10,13H,7-8,15H2,1H3,(H,17,18). The van der Waals surface area contributed by atoms with E-state index in [9.17, 15) is 0 Å². The SMILES string of the molecule is Cc1nccnc1NCCC(N)c1ccccc1. The van der Waals surface area contributed by atoms with E-state index in [0.717, 1.165) is 30.0 Å². The van der Waals surface area contributed by atoms with E-state index in [1.54, 1.807) is 12.4 Å². The third kappa shape index (κ3) is 3.28. The minimum atomic E-state index is 0.0516. The van der Waals surface area contributed by atoms with Gasteiger partial charge >= 0.3 is 0 Å². The summed E-state index contributed by atoms with van der Waals surface area (Å²) in [6.07, 6.45) is 4.24. The van der Waals surface area contributed by atoms with E-state index in [4.69, 9.17) is 5.73 Å². The van der Waals surface area contributed by atoms with Crippen molar-refractivity contribution >= 4 is 5.82 Å². The topological polar surface area (TPSA) is 63.8 Å². The molecule has 0 aliphatic carbocycles. The Balaban J connectivity index is 1.84. The van der Waals surface area contributed by atoms with Gasteiger partial charge in [-0.1, -0.05) is 30.3 Å². The Morgan fingerprint density at radius 1 is 1.17 bits per heavy atom. The number of nitrogens with one attached hydrogen (secondary N) is 1. The Hall–Kier alpha value is -1.94. The van der Waals surface area contributed by atoms with Crippen LogP contribution in [-0.4, -0.2) is 16.5 Å². The van der Waals surface area contributed by atoms with Crippen molar-refractivity contribution in [3.63, 3.8) is 0 Å². The van der Waals surface area contributed by atoms with Crippen LogP contribution in [0.15, 0.2) is 42.7 Å². The van der Waals surface area contributed by atoms with Crippen LogP contribution < -0.4 is 11.1 Å². The molecule has 0 aliphatic rings. The van der Waals surface area contributed by atoms with Crippen molar-refractivity contribution in [1.82, 2.24) is 9.97 Å². The summed E-state index contributed by atoms with van der Waals surface area (Å²) in [4.78, 5) is 8.41. The Bertz CT molecular complexity index is 484. The van der Waals surface area contributed by atoms with E-state index < -0.39 is 0 Å². The van der Waals surface area contributed by atoms with Gasteiger partial charge in [0.1, 0.15) is 5.82 Å². The lowest BCUT2D eigenvalue weighted by Gasteiger charge is -2.13. The number of benzene rings is 1. The zero-order valence-electron chi connectivity index (χ0n) is 10.5. The third-order valence-corrected chi connectivity index (χ3v) is 2.86. The van der Waals surface area contributed by atoms with Gasteiger partial charge in [-0.25, -0.2) is 4.98 Å². The molecule has 18 heavy (non-hydrogen) atoms. The molecule has 0 amide bonds. The van der Waals surface area contributed by atoms with Gasteiger partial charge in [-0.15, -0.1) is 0 Å². The molecule has 0 fully saturated rings. The first-order chi connectivity index (χ1) is 8.77. The highest BCUT2D eigenvalue weighted by Crippen LogP contribution is 2.14. The van der Waals surface area contributed by atoms with Gasteiger partial charge < -0.3 is 11.1 Å². The molecular weight excluding hydrogens is 224 g/mol. The summed E-state index contributed by atoms with van der Waals surface area (Å²) in [7, 11) is 0. The third-order valence-electron chi connectivity index (χ3n) is 2.86. The highest BCUT2D eigenvalue weighted by Gasteiger charge is 2.05. The van der Waals surface area contributed by atoms with Crippen LogP contribution >= 0.6 is 0 Å². The summed E-state index contributed by atoms with van der Waals surface area (Å²) in [5, 5.41) is 3.26. The average molecular weight is 242 g/mol. The van der Waals surface area contributed by atoms with Gasteiger partial charge in [0, 0.05) is 25.0 Å². The van der Waals surface area contributed by atoms with Crippen molar-refractivity contribution in [2.75, 3.05) is 11.9 Å². The average Bonchev–Trinajstić information content (AvgIpc) is 2.42. The van der Waals surface area contributed by atoms with Gasteiger partial charge in [0.05, 0.1) is 5.69 Å². The number of aryl methyl sites for hydroxylation is 1. The monoisotopic (exact) mass is 242 g/mol.